The number of hydrogen-bond acceptors (Lipinski definition) is 2. The van der Waals surface area contributed by atoms with Crippen molar-refractivity contribution >= 4 is 0 Å². The van der Waals surface area contributed by atoms with Gasteiger partial charge in [-0.3, -0.25) is 0 Å². The Labute approximate surface area is 73.1 Å². The largest absolute Gasteiger partial charge is 0.507 e. The SMILES string of the molecule is CC.Cc1cccc(O)c1C#N. The molecule has 64 valence electrons. The molecule has 1 aromatic rings. The minimum atomic E-state index is 0.0579. The Hall–Kier alpha value is -1.49. The maximum absolute atomic E-state index is 9.07. The molecule has 1 aromatic carbocycles. The first-order valence-corrected chi connectivity index (χ1v) is 3.94. The van der Waals surface area contributed by atoms with E-state index in [2.05, 4.69) is 0 Å². The molecule has 0 saturated heterocycles. The van der Waals surface area contributed by atoms with Gasteiger partial charge in [0.1, 0.15) is 11.8 Å². The first kappa shape index (κ1) is 10.5. The van der Waals surface area contributed by atoms with E-state index in [1.807, 2.05) is 19.9 Å². The van der Waals surface area contributed by atoms with Crippen LogP contribution in [0.4, 0.5) is 0 Å². The highest BCUT2D eigenvalue weighted by molar-refractivity contribution is 5.47. The number of aromatic hydroxyl groups is 1. The molecule has 0 atom stereocenters. The number of phenols is 1. The number of nitrogens with zero attached hydrogens (tertiary/aromatic N) is 1. The maximum Gasteiger partial charge on any atom is 0.133 e. The van der Waals surface area contributed by atoms with E-state index >= 15 is 0 Å². The van der Waals surface area contributed by atoms with E-state index in [1.165, 1.54) is 6.07 Å². The minimum absolute atomic E-state index is 0.0579. The summed E-state index contributed by atoms with van der Waals surface area (Å²) in [5.74, 6) is 0.0579. The van der Waals surface area contributed by atoms with Crippen LogP contribution in [0.1, 0.15) is 25.0 Å². The fourth-order valence-corrected chi connectivity index (χ4v) is 0.798. The van der Waals surface area contributed by atoms with Crippen molar-refractivity contribution in [2.24, 2.45) is 0 Å². The van der Waals surface area contributed by atoms with Gasteiger partial charge in [0, 0.05) is 0 Å². The lowest BCUT2D eigenvalue weighted by molar-refractivity contribution is 0.473. The van der Waals surface area contributed by atoms with Crippen LogP contribution in [-0.4, -0.2) is 5.11 Å². The van der Waals surface area contributed by atoms with Crippen molar-refractivity contribution in [1.82, 2.24) is 0 Å². The molecule has 2 heteroatoms. The fourth-order valence-electron chi connectivity index (χ4n) is 0.798. The van der Waals surface area contributed by atoms with Crippen LogP contribution in [0.5, 0.6) is 5.75 Å². The van der Waals surface area contributed by atoms with Crippen LogP contribution >= 0.6 is 0 Å². The summed E-state index contributed by atoms with van der Waals surface area (Å²) in [6.07, 6.45) is 0. The van der Waals surface area contributed by atoms with Gasteiger partial charge in [0.15, 0.2) is 0 Å². The van der Waals surface area contributed by atoms with E-state index in [0.29, 0.717) is 5.56 Å². The summed E-state index contributed by atoms with van der Waals surface area (Å²) in [6, 6.07) is 6.92. The van der Waals surface area contributed by atoms with Gasteiger partial charge in [-0.1, -0.05) is 26.0 Å². The number of nitriles is 1. The first-order chi connectivity index (χ1) is 5.75. The zero-order valence-corrected chi connectivity index (χ0v) is 7.63. The van der Waals surface area contributed by atoms with Crippen molar-refractivity contribution in [3.8, 4) is 11.8 Å². The van der Waals surface area contributed by atoms with Crippen molar-refractivity contribution in [2.45, 2.75) is 20.8 Å². The Morgan fingerprint density at radius 3 is 2.25 bits per heavy atom. The predicted octanol–water partition coefficient (Wildman–Crippen LogP) is 2.60. The van der Waals surface area contributed by atoms with Crippen molar-refractivity contribution in [3.05, 3.63) is 29.3 Å². The standard InChI is InChI=1S/C8H7NO.C2H6/c1-6-3-2-4-8(10)7(6)5-9;1-2/h2-4,10H,1H3;1-2H3. The van der Waals surface area contributed by atoms with Crippen molar-refractivity contribution in [1.29, 1.82) is 5.26 Å². The zero-order chi connectivity index (χ0) is 9.56. The number of phenolic OH excluding ortho intramolecular Hbond substituents is 1. The van der Waals surface area contributed by atoms with Gasteiger partial charge in [-0.05, 0) is 18.6 Å². The Kier molecular flexibility index (Phi) is 4.55. The van der Waals surface area contributed by atoms with Gasteiger partial charge in [0.2, 0.25) is 0 Å². The Morgan fingerprint density at radius 1 is 1.33 bits per heavy atom. The molecule has 0 aliphatic rings. The smallest absolute Gasteiger partial charge is 0.133 e. The molecule has 0 aliphatic carbocycles. The quantitative estimate of drug-likeness (QED) is 0.638. The van der Waals surface area contributed by atoms with Crippen LogP contribution in [-0.2, 0) is 0 Å². The summed E-state index contributed by atoms with van der Waals surface area (Å²) in [5.41, 5.74) is 1.17. The Balaban J connectivity index is 0.000000561. The summed E-state index contributed by atoms with van der Waals surface area (Å²) in [6.45, 7) is 5.79. The molecular weight excluding hydrogens is 150 g/mol. The molecule has 0 heterocycles. The molecule has 2 nitrogen and oxygen atoms in total. The van der Waals surface area contributed by atoms with Crippen molar-refractivity contribution in [2.75, 3.05) is 0 Å². The van der Waals surface area contributed by atoms with E-state index in [-0.39, 0.29) is 5.75 Å². The van der Waals surface area contributed by atoms with Gasteiger partial charge < -0.3 is 5.11 Å². The van der Waals surface area contributed by atoms with Crippen molar-refractivity contribution < 1.29 is 5.11 Å². The van der Waals surface area contributed by atoms with Gasteiger partial charge in [0.25, 0.3) is 0 Å². The molecule has 0 saturated carbocycles. The summed E-state index contributed by atoms with van der Waals surface area (Å²) in [4.78, 5) is 0. The normalized spacial score (nSPS) is 7.83. The number of aryl methyl sites for hydroxylation is 1. The number of benzene rings is 1. The van der Waals surface area contributed by atoms with E-state index in [1.54, 1.807) is 19.1 Å². The molecule has 1 rings (SSSR count). The Morgan fingerprint density at radius 2 is 1.92 bits per heavy atom. The first-order valence-electron chi connectivity index (χ1n) is 3.94. The Bertz CT molecular complexity index is 266. The van der Waals surface area contributed by atoms with Gasteiger partial charge in [-0.2, -0.15) is 5.26 Å². The maximum atomic E-state index is 9.07. The molecule has 12 heavy (non-hydrogen) atoms. The molecule has 0 aromatic heterocycles. The van der Waals surface area contributed by atoms with Gasteiger partial charge in [0.05, 0.1) is 5.56 Å². The molecule has 1 N–H and O–H groups in total. The molecule has 0 fully saturated rings. The van der Waals surface area contributed by atoms with Crippen LogP contribution in [0.2, 0.25) is 0 Å². The lowest BCUT2D eigenvalue weighted by atomic mass is 10.1. The molecular formula is C10H13NO. The van der Waals surface area contributed by atoms with Crippen LogP contribution < -0.4 is 0 Å². The van der Waals surface area contributed by atoms with E-state index < -0.39 is 0 Å². The molecule has 0 aliphatic heterocycles. The molecule has 0 unspecified atom stereocenters. The molecule has 0 radical (unpaired) electrons. The van der Waals surface area contributed by atoms with Crippen LogP contribution in [0.3, 0.4) is 0 Å². The average molecular weight is 163 g/mol. The van der Waals surface area contributed by atoms with Crippen LogP contribution in [0.15, 0.2) is 18.2 Å². The van der Waals surface area contributed by atoms with E-state index in [9.17, 15) is 0 Å². The van der Waals surface area contributed by atoms with Crippen LogP contribution in [0.25, 0.3) is 0 Å². The molecule has 0 spiro atoms. The predicted molar refractivity (Wildman–Crippen MR) is 48.9 cm³/mol. The lowest BCUT2D eigenvalue weighted by Gasteiger charge is -1.96. The monoisotopic (exact) mass is 163 g/mol. The second-order valence-electron chi connectivity index (χ2n) is 2.08. The van der Waals surface area contributed by atoms with Gasteiger partial charge in [-0.15, -0.1) is 0 Å². The lowest BCUT2D eigenvalue weighted by Crippen LogP contribution is -1.80. The molecule has 0 amide bonds. The summed E-state index contributed by atoms with van der Waals surface area (Å²) in [7, 11) is 0. The summed E-state index contributed by atoms with van der Waals surface area (Å²) >= 11 is 0. The second kappa shape index (κ2) is 5.20. The highest BCUT2D eigenvalue weighted by Gasteiger charge is 2.00. The third-order valence-corrected chi connectivity index (χ3v) is 1.36. The molecule has 0 bridgehead atoms. The minimum Gasteiger partial charge on any atom is -0.507 e. The number of hydrogen-bond donors (Lipinski definition) is 1. The third kappa shape index (κ3) is 2.28. The van der Waals surface area contributed by atoms with Gasteiger partial charge >= 0.3 is 0 Å². The third-order valence-electron chi connectivity index (χ3n) is 1.36. The van der Waals surface area contributed by atoms with Crippen LogP contribution in [0, 0.1) is 18.3 Å². The second-order valence-corrected chi connectivity index (χ2v) is 2.08. The highest BCUT2D eigenvalue weighted by Crippen LogP contribution is 2.18. The van der Waals surface area contributed by atoms with Gasteiger partial charge in [-0.25, -0.2) is 0 Å². The summed E-state index contributed by atoms with van der Waals surface area (Å²) in [5, 5.41) is 17.6. The topological polar surface area (TPSA) is 44.0 Å². The highest BCUT2D eigenvalue weighted by atomic mass is 16.3. The zero-order valence-electron chi connectivity index (χ0n) is 7.63. The van der Waals surface area contributed by atoms with E-state index in [0.717, 1.165) is 5.56 Å². The number of rotatable bonds is 0. The fraction of sp³-hybridized carbons (Fsp3) is 0.300. The average Bonchev–Trinajstić information content (AvgIpc) is 2.08. The van der Waals surface area contributed by atoms with Crippen molar-refractivity contribution in [3.63, 3.8) is 0 Å². The summed E-state index contributed by atoms with van der Waals surface area (Å²) < 4.78 is 0. The van der Waals surface area contributed by atoms with E-state index in [4.69, 9.17) is 10.4 Å².